The second-order valence-electron chi connectivity index (χ2n) is 8.78. The lowest BCUT2D eigenvalue weighted by Gasteiger charge is -2.36. The molecule has 0 aliphatic carbocycles. The van der Waals surface area contributed by atoms with Crippen molar-refractivity contribution in [2.24, 2.45) is 5.84 Å². The molecule has 1 saturated heterocycles. The number of aromatic amines is 1. The highest BCUT2D eigenvalue weighted by molar-refractivity contribution is 5.92. The molecule has 0 atom stereocenters. The average molecular weight is 506 g/mol. The highest BCUT2D eigenvalue weighted by atomic mass is 16.2. The first-order chi connectivity index (χ1) is 17.8. The molecular weight excluding hydrogens is 474 g/mol. The number of nitrogens with two attached hydrogens (primary N) is 1. The van der Waals surface area contributed by atoms with Crippen LogP contribution in [-0.2, 0) is 11.3 Å². The molecule has 6 N–H and O–H groups in total. The fourth-order valence-electron chi connectivity index (χ4n) is 4.04. The van der Waals surface area contributed by atoms with E-state index in [0.717, 1.165) is 11.3 Å². The highest BCUT2D eigenvalue weighted by Crippen LogP contribution is 2.19. The Balaban J connectivity index is 1.30. The number of aromatic nitrogens is 2. The number of carbonyl (C=O) groups is 2. The molecule has 37 heavy (non-hydrogen) atoms. The number of para-hydroxylation sites is 1. The van der Waals surface area contributed by atoms with Crippen molar-refractivity contribution in [3.8, 4) is 0 Å². The third-order valence-electron chi connectivity index (χ3n) is 5.96. The van der Waals surface area contributed by atoms with Crippen molar-refractivity contribution in [3.05, 3.63) is 82.5 Å². The number of piperazine rings is 1. The van der Waals surface area contributed by atoms with Gasteiger partial charge in [-0.3, -0.25) is 20.2 Å². The lowest BCUT2D eigenvalue weighted by molar-refractivity contribution is -0.130. The van der Waals surface area contributed by atoms with E-state index in [1.54, 1.807) is 31.3 Å². The Morgan fingerprint density at radius 2 is 1.89 bits per heavy atom. The standard InChI is InChI=1S/C25H31N9O3/c1-17(30-31-32(2)26)14-22(35)34-12-10-33(11-13-34)19-7-5-6-18(15-19)16-27-25(37)23-28-21-9-4-3-8-20(21)24(36)29-23/h3-9,15,30-31H,1,10-14,16,26H2,2H3,(H,27,37)(H,28,29,36). The molecule has 4 rings (SSSR count). The Morgan fingerprint density at radius 1 is 1.14 bits per heavy atom. The van der Waals surface area contributed by atoms with Crippen LogP contribution in [-0.4, -0.2) is 65.0 Å². The van der Waals surface area contributed by atoms with Crippen molar-refractivity contribution in [1.82, 2.24) is 36.3 Å². The molecular formula is C25H31N9O3. The summed E-state index contributed by atoms with van der Waals surface area (Å²) in [6.45, 7) is 6.68. The zero-order valence-corrected chi connectivity index (χ0v) is 20.7. The number of carbonyl (C=O) groups excluding carboxylic acids is 2. The molecule has 0 unspecified atom stereocenters. The van der Waals surface area contributed by atoms with Crippen LogP contribution >= 0.6 is 0 Å². The predicted molar refractivity (Wildman–Crippen MR) is 141 cm³/mol. The van der Waals surface area contributed by atoms with E-state index < -0.39 is 5.91 Å². The molecule has 2 amide bonds. The SMILES string of the molecule is C=C(CC(=O)N1CCN(c2cccc(CNC(=O)c3nc4ccccc4c(=O)[nH]3)c2)CC1)NNN(C)N. The monoisotopic (exact) mass is 505 g/mol. The normalized spacial score (nSPS) is 13.6. The Morgan fingerprint density at radius 3 is 2.65 bits per heavy atom. The Labute approximate surface area is 214 Å². The first kappa shape index (κ1) is 25.8. The summed E-state index contributed by atoms with van der Waals surface area (Å²) < 4.78 is 0. The third-order valence-corrected chi connectivity index (χ3v) is 5.96. The summed E-state index contributed by atoms with van der Waals surface area (Å²) in [7, 11) is 1.62. The Hall–Kier alpha value is -4.26. The molecule has 0 radical (unpaired) electrons. The largest absolute Gasteiger partial charge is 0.368 e. The van der Waals surface area contributed by atoms with Gasteiger partial charge in [-0.2, -0.15) is 10.7 Å². The molecule has 3 aromatic rings. The van der Waals surface area contributed by atoms with Crippen molar-refractivity contribution in [1.29, 1.82) is 0 Å². The molecule has 12 nitrogen and oxygen atoms in total. The van der Waals surface area contributed by atoms with Gasteiger partial charge in [0, 0.05) is 51.2 Å². The number of amides is 2. The summed E-state index contributed by atoms with van der Waals surface area (Å²) in [6.07, 6.45) is 0.174. The average Bonchev–Trinajstić information content (AvgIpc) is 2.90. The summed E-state index contributed by atoms with van der Waals surface area (Å²) in [6, 6.07) is 14.8. The quantitative estimate of drug-likeness (QED) is 0.203. The van der Waals surface area contributed by atoms with Crippen molar-refractivity contribution in [3.63, 3.8) is 0 Å². The van der Waals surface area contributed by atoms with Gasteiger partial charge in [-0.05, 0) is 29.8 Å². The summed E-state index contributed by atoms with van der Waals surface area (Å²) in [4.78, 5) is 48.3. The number of benzene rings is 2. The molecule has 2 aromatic carbocycles. The first-order valence-corrected chi connectivity index (χ1v) is 11.9. The van der Waals surface area contributed by atoms with Gasteiger partial charge in [0.05, 0.1) is 17.3 Å². The minimum atomic E-state index is -0.454. The number of hydrogen-bond acceptors (Lipinski definition) is 9. The highest BCUT2D eigenvalue weighted by Gasteiger charge is 2.22. The topological polar surface area (TPSA) is 152 Å². The van der Waals surface area contributed by atoms with E-state index in [1.807, 2.05) is 29.2 Å². The molecule has 1 aliphatic heterocycles. The lowest BCUT2D eigenvalue weighted by atomic mass is 10.1. The van der Waals surface area contributed by atoms with Crippen LogP contribution in [0.3, 0.4) is 0 Å². The van der Waals surface area contributed by atoms with Crippen LogP contribution < -0.4 is 32.6 Å². The zero-order chi connectivity index (χ0) is 26.4. The van der Waals surface area contributed by atoms with Gasteiger partial charge in [0.25, 0.3) is 11.5 Å². The van der Waals surface area contributed by atoms with E-state index in [1.165, 1.54) is 5.12 Å². The van der Waals surface area contributed by atoms with E-state index in [-0.39, 0.29) is 30.3 Å². The maximum atomic E-state index is 12.6. The van der Waals surface area contributed by atoms with E-state index in [9.17, 15) is 14.4 Å². The number of H-pyrrole nitrogens is 1. The van der Waals surface area contributed by atoms with E-state index in [2.05, 4.69) is 37.7 Å². The van der Waals surface area contributed by atoms with Gasteiger partial charge in [-0.1, -0.05) is 30.8 Å². The number of nitrogens with zero attached hydrogens (tertiary/aromatic N) is 4. The Bertz CT molecular complexity index is 1350. The number of hydrogen-bond donors (Lipinski definition) is 5. The molecule has 1 fully saturated rings. The van der Waals surface area contributed by atoms with E-state index in [0.29, 0.717) is 42.8 Å². The molecule has 0 bridgehead atoms. The van der Waals surface area contributed by atoms with Crippen molar-refractivity contribution < 1.29 is 9.59 Å². The molecule has 1 aliphatic rings. The molecule has 1 aromatic heterocycles. The summed E-state index contributed by atoms with van der Waals surface area (Å²) >= 11 is 0. The van der Waals surface area contributed by atoms with Gasteiger partial charge in [0.2, 0.25) is 5.91 Å². The number of rotatable bonds is 9. The van der Waals surface area contributed by atoms with E-state index >= 15 is 0 Å². The third kappa shape index (κ3) is 6.70. The smallest absolute Gasteiger partial charge is 0.287 e. The van der Waals surface area contributed by atoms with Crippen LogP contribution in [0.1, 0.15) is 22.6 Å². The van der Waals surface area contributed by atoms with Crippen LogP contribution in [0.15, 0.2) is 65.6 Å². The van der Waals surface area contributed by atoms with Gasteiger partial charge < -0.3 is 25.5 Å². The van der Waals surface area contributed by atoms with Gasteiger partial charge in [-0.25, -0.2) is 4.98 Å². The van der Waals surface area contributed by atoms with Crippen LogP contribution in [0.25, 0.3) is 10.9 Å². The summed E-state index contributed by atoms with van der Waals surface area (Å²) in [5, 5.41) is 4.49. The minimum Gasteiger partial charge on any atom is -0.368 e. The fourth-order valence-corrected chi connectivity index (χ4v) is 4.04. The zero-order valence-electron chi connectivity index (χ0n) is 20.7. The number of anilines is 1. The fraction of sp³-hybridized carbons (Fsp3) is 0.280. The van der Waals surface area contributed by atoms with Gasteiger partial charge >= 0.3 is 0 Å². The van der Waals surface area contributed by atoms with Crippen molar-refractivity contribution in [2.45, 2.75) is 13.0 Å². The summed E-state index contributed by atoms with van der Waals surface area (Å²) in [5.74, 6) is 4.98. The van der Waals surface area contributed by atoms with Gasteiger partial charge in [0.15, 0.2) is 5.82 Å². The molecule has 194 valence electrons. The van der Waals surface area contributed by atoms with Crippen LogP contribution in [0.4, 0.5) is 5.69 Å². The molecule has 0 saturated carbocycles. The first-order valence-electron chi connectivity index (χ1n) is 11.9. The van der Waals surface area contributed by atoms with Gasteiger partial charge in [-0.15, -0.1) is 0 Å². The van der Waals surface area contributed by atoms with Gasteiger partial charge in [0.1, 0.15) is 0 Å². The predicted octanol–water partition coefficient (Wildman–Crippen LogP) is 0.220. The molecule has 12 heteroatoms. The molecule has 2 heterocycles. The maximum absolute atomic E-state index is 12.6. The van der Waals surface area contributed by atoms with Crippen LogP contribution in [0.2, 0.25) is 0 Å². The minimum absolute atomic E-state index is 0.00423. The second-order valence-corrected chi connectivity index (χ2v) is 8.78. The van der Waals surface area contributed by atoms with Crippen LogP contribution in [0.5, 0.6) is 0 Å². The second kappa shape index (κ2) is 11.6. The number of hydrazine groups is 3. The maximum Gasteiger partial charge on any atom is 0.287 e. The van der Waals surface area contributed by atoms with Crippen molar-refractivity contribution >= 4 is 28.4 Å². The Kier molecular flexibility index (Phi) is 8.13. The van der Waals surface area contributed by atoms with E-state index in [4.69, 9.17) is 5.84 Å². The van der Waals surface area contributed by atoms with Crippen LogP contribution in [0, 0.1) is 0 Å². The van der Waals surface area contributed by atoms with Crippen molar-refractivity contribution in [2.75, 3.05) is 38.1 Å². The number of nitrogens with one attached hydrogen (secondary N) is 4. The summed E-state index contributed by atoms with van der Waals surface area (Å²) in [5.41, 5.74) is 8.01. The molecule has 0 spiro atoms. The number of fused-ring (bicyclic) bond motifs is 1. The lowest BCUT2D eigenvalue weighted by Crippen LogP contribution is -2.50.